The third-order valence-corrected chi connectivity index (χ3v) is 4.08. The van der Waals surface area contributed by atoms with Crippen LogP contribution >= 0.6 is 0 Å². The molecule has 0 spiro atoms. The predicted octanol–water partition coefficient (Wildman–Crippen LogP) is 1.81. The van der Waals surface area contributed by atoms with Gasteiger partial charge in [0.15, 0.2) is 0 Å². The molecule has 0 unspecified atom stereocenters. The zero-order valence-corrected chi connectivity index (χ0v) is 15.4. The Morgan fingerprint density at radius 1 is 1.08 bits per heavy atom. The summed E-state index contributed by atoms with van der Waals surface area (Å²) in [5.41, 5.74) is 5.68. The molecule has 6 nitrogen and oxygen atoms in total. The lowest BCUT2D eigenvalue weighted by Gasteiger charge is -2.22. The van der Waals surface area contributed by atoms with Gasteiger partial charge >= 0.3 is 0 Å². The Labute approximate surface area is 153 Å². The molecule has 1 rings (SSSR count). The number of nitrogens with one attached hydrogen (secondary N) is 2. The van der Waals surface area contributed by atoms with Crippen molar-refractivity contribution in [2.45, 2.75) is 64.5 Å². The van der Waals surface area contributed by atoms with Gasteiger partial charge in [-0.1, -0.05) is 50.8 Å². The van der Waals surface area contributed by atoms with Gasteiger partial charge in [0.05, 0.1) is 0 Å². The molecule has 4 N–H and O–H groups in total. The van der Waals surface area contributed by atoms with Crippen LogP contribution in [0.3, 0.4) is 0 Å². The van der Waals surface area contributed by atoms with Gasteiger partial charge in [-0.05, 0) is 18.1 Å². The van der Waals surface area contributed by atoms with Crippen molar-refractivity contribution in [3.8, 4) is 0 Å². The largest absolute Gasteiger partial charge is 0.368 e. The fourth-order valence-electron chi connectivity index (χ4n) is 2.67. The number of amides is 3. The summed E-state index contributed by atoms with van der Waals surface area (Å²) in [5, 5.41) is 5.09. The number of unbranched alkanes of at least 4 members (excludes halogenated alkanes) is 3. The normalized spacial score (nSPS) is 12.9. The van der Waals surface area contributed by atoms with Crippen LogP contribution in [0, 0.1) is 5.82 Å². The summed E-state index contributed by atoms with van der Waals surface area (Å²) >= 11 is 0. The molecule has 7 heteroatoms. The Hall–Kier alpha value is -2.44. The zero-order chi connectivity index (χ0) is 19.5. The smallest absolute Gasteiger partial charge is 0.243 e. The molecule has 3 amide bonds. The standard InChI is InChI=1S/C19H28FN3O3/c1-3-4-5-6-11-16(18(21)25)23-19(26)17(22-13(2)24)12-14-9-7-8-10-15(14)20/h7-10,16-17H,3-6,11-12H2,1-2H3,(H2,21,25)(H,22,24)(H,23,26)/t16-,17-/m0/s1. The summed E-state index contributed by atoms with van der Waals surface area (Å²) in [6.07, 6.45) is 4.23. The minimum atomic E-state index is -0.984. The third-order valence-electron chi connectivity index (χ3n) is 4.08. The summed E-state index contributed by atoms with van der Waals surface area (Å²) in [6.45, 7) is 3.35. The first-order valence-electron chi connectivity index (χ1n) is 8.95. The SMILES string of the molecule is CCCCCC[C@H](NC(=O)[C@H](Cc1ccccc1F)NC(C)=O)C(N)=O. The van der Waals surface area contributed by atoms with Gasteiger partial charge in [0.2, 0.25) is 17.7 Å². The summed E-state index contributed by atoms with van der Waals surface area (Å²) in [4.78, 5) is 35.6. The van der Waals surface area contributed by atoms with Crippen molar-refractivity contribution >= 4 is 17.7 Å². The van der Waals surface area contributed by atoms with Gasteiger partial charge in [0.25, 0.3) is 0 Å². The predicted molar refractivity (Wildman–Crippen MR) is 97.6 cm³/mol. The molecule has 0 aliphatic rings. The summed E-state index contributed by atoms with van der Waals surface area (Å²) in [7, 11) is 0. The number of nitrogens with two attached hydrogens (primary N) is 1. The maximum absolute atomic E-state index is 13.9. The highest BCUT2D eigenvalue weighted by molar-refractivity contribution is 5.91. The van der Waals surface area contributed by atoms with Gasteiger partial charge in [-0.15, -0.1) is 0 Å². The summed E-state index contributed by atoms with van der Waals surface area (Å²) < 4.78 is 13.9. The number of benzene rings is 1. The maximum atomic E-state index is 13.9. The van der Waals surface area contributed by atoms with Crippen LogP contribution in [0.1, 0.15) is 51.5 Å². The second-order valence-corrected chi connectivity index (χ2v) is 6.36. The van der Waals surface area contributed by atoms with Crippen molar-refractivity contribution in [2.24, 2.45) is 5.73 Å². The van der Waals surface area contributed by atoms with Crippen LogP contribution in [-0.2, 0) is 20.8 Å². The van der Waals surface area contributed by atoms with E-state index in [0.29, 0.717) is 12.0 Å². The number of carbonyl (C=O) groups excluding carboxylic acids is 3. The van der Waals surface area contributed by atoms with E-state index in [0.717, 1.165) is 25.7 Å². The van der Waals surface area contributed by atoms with E-state index in [1.807, 2.05) is 0 Å². The molecule has 26 heavy (non-hydrogen) atoms. The van der Waals surface area contributed by atoms with Gasteiger partial charge < -0.3 is 16.4 Å². The van der Waals surface area contributed by atoms with Crippen molar-refractivity contribution in [1.82, 2.24) is 10.6 Å². The molecule has 1 aromatic carbocycles. The van der Waals surface area contributed by atoms with Crippen molar-refractivity contribution in [3.63, 3.8) is 0 Å². The van der Waals surface area contributed by atoms with Crippen LogP contribution in [0.15, 0.2) is 24.3 Å². The molecule has 0 radical (unpaired) electrons. The molecule has 0 aromatic heterocycles. The first-order chi connectivity index (χ1) is 12.3. The van der Waals surface area contributed by atoms with Crippen LogP contribution in [-0.4, -0.2) is 29.8 Å². The zero-order valence-electron chi connectivity index (χ0n) is 15.4. The number of hydrogen-bond acceptors (Lipinski definition) is 3. The molecule has 0 heterocycles. The Kier molecular flexibility index (Phi) is 9.33. The van der Waals surface area contributed by atoms with Gasteiger partial charge in [0, 0.05) is 13.3 Å². The molecule has 0 aliphatic carbocycles. The van der Waals surface area contributed by atoms with E-state index in [2.05, 4.69) is 17.6 Å². The quantitative estimate of drug-likeness (QED) is 0.521. The van der Waals surface area contributed by atoms with Gasteiger partial charge in [-0.2, -0.15) is 0 Å². The average Bonchev–Trinajstić information content (AvgIpc) is 2.58. The van der Waals surface area contributed by atoms with Crippen LogP contribution in [0.25, 0.3) is 0 Å². The monoisotopic (exact) mass is 365 g/mol. The molecule has 0 saturated heterocycles. The molecular weight excluding hydrogens is 337 g/mol. The Balaban J connectivity index is 2.78. The van der Waals surface area contributed by atoms with E-state index in [1.165, 1.54) is 13.0 Å². The van der Waals surface area contributed by atoms with Crippen molar-refractivity contribution < 1.29 is 18.8 Å². The third kappa shape index (κ3) is 7.63. The summed E-state index contributed by atoms with van der Waals surface area (Å²) in [5.74, 6) is -2.05. The van der Waals surface area contributed by atoms with Crippen LogP contribution in [0.5, 0.6) is 0 Å². The molecule has 0 bridgehead atoms. The van der Waals surface area contributed by atoms with E-state index in [9.17, 15) is 18.8 Å². The molecule has 2 atom stereocenters. The van der Waals surface area contributed by atoms with E-state index < -0.39 is 35.6 Å². The number of primary amides is 1. The molecule has 0 aliphatic heterocycles. The molecule has 0 fully saturated rings. The van der Waals surface area contributed by atoms with E-state index in [4.69, 9.17) is 5.73 Å². The van der Waals surface area contributed by atoms with E-state index in [-0.39, 0.29) is 6.42 Å². The van der Waals surface area contributed by atoms with E-state index in [1.54, 1.807) is 18.2 Å². The fraction of sp³-hybridized carbons (Fsp3) is 0.526. The minimum absolute atomic E-state index is 0.0145. The van der Waals surface area contributed by atoms with Crippen molar-refractivity contribution in [1.29, 1.82) is 0 Å². The number of hydrogen-bond donors (Lipinski definition) is 3. The first kappa shape index (κ1) is 21.6. The second-order valence-electron chi connectivity index (χ2n) is 6.36. The lowest BCUT2D eigenvalue weighted by Crippen LogP contribution is -2.53. The van der Waals surface area contributed by atoms with Gasteiger partial charge in [-0.25, -0.2) is 4.39 Å². The molecule has 0 saturated carbocycles. The fourth-order valence-corrected chi connectivity index (χ4v) is 2.67. The topological polar surface area (TPSA) is 101 Å². The molecule has 144 valence electrons. The highest BCUT2D eigenvalue weighted by Crippen LogP contribution is 2.11. The minimum Gasteiger partial charge on any atom is -0.368 e. The maximum Gasteiger partial charge on any atom is 0.243 e. The number of carbonyl (C=O) groups is 3. The van der Waals surface area contributed by atoms with E-state index >= 15 is 0 Å². The van der Waals surface area contributed by atoms with Crippen molar-refractivity contribution in [3.05, 3.63) is 35.6 Å². The molecular formula is C19H28FN3O3. The van der Waals surface area contributed by atoms with Crippen LogP contribution in [0.4, 0.5) is 4.39 Å². The first-order valence-corrected chi connectivity index (χ1v) is 8.95. The molecule has 1 aromatic rings. The number of halogens is 1. The lowest BCUT2D eigenvalue weighted by atomic mass is 10.0. The Morgan fingerprint density at radius 3 is 2.35 bits per heavy atom. The summed E-state index contributed by atoms with van der Waals surface area (Å²) in [6, 6.07) is 4.25. The lowest BCUT2D eigenvalue weighted by molar-refractivity contribution is -0.131. The van der Waals surface area contributed by atoms with Gasteiger partial charge in [-0.3, -0.25) is 14.4 Å². The van der Waals surface area contributed by atoms with Crippen LogP contribution < -0.4 is 16.4 Å². The highest BCUT2D eigenvalue weighted by atomic mass is 19.1. The van der Waals surface area contributed by atoms with Crippen molar-refractivity contribution in [2.75, 3.05) is 0 Å². The Morgan fingerprint density at radius 2 is 1.77 bits per heavy atom. The average molecular weight is 365 g/mol. The highest BCUT2D eigenvalue weighted by Gasteiger charge is 2.25. The van der Waals surface area contributed by atoms with Crippen LogP contribution in [0.2, 0.25) is 0 Å². The second kappa shape index (κ2) is 11.2. The van der Waals surface area contributed by atoms with Gasteiger partial charge in [0.1, 0.15) is 17.9 Å². The number of rotatable bonds is 11. The Bertz CT molecular complexity index is 622.